The minimum atomic E-state index is -3.87. The topological polar surface area (TPSA) is 93.4 Å². The summed E-state index contributed by atoms with van der Waals surface area (Å²) in [6.45, 7) is 2.25. The third kappa shape index (κ3) is 4.41. The van der Waals surface area contributed by atoms with Crippen LogP contribution < -0.4 is 0 Å². The number of non-ortho nitro benzene ring substituents is 1. The maximum Gasteiger partial charge on any atom is 0.269 e. The molecule has 0 radical (unpaired) electrons. The van der Waals surface area contributed by atoms with Crippen LogP contribution in [0.25, 0.3) is 0 Å². The molecule has 0 unspecified atom stereocenters. The maximum absolute atomic E-state index is 13.3. The van der Waals surface area contributed by atoms with Crippen molar-refractivity contribution in [3.63, 3.8) is 0 Å². The van der Waals surface area contributed by atoms with Crippen molar-refractivity contribution >= 4 is 15.7 Å². The lowest BCUT2D eigenvalue weighted by Crippen LogP contribution is -2.30. The molecule has 0 aliphatic rings. The first-order valence-electron chi connectivity index (χ1n) is 8.56. The minimum absolute atomic E-state index is 0.00979. The minimum Gasteiger partial charge on any atom is -0.264 e. The van der Waals surface area contributed by atoms with E-state index >= 15 is 0 Å². The van der Waals surface area contributed by atoms with Crippen molar-refractivity contribution in [1.29, 1.82) is 0 Å². The molecule has 2 aromatic carbocycles. The Kier molecular flexibility index (Phi) is 5.81. The zero-order valence-corrected chi connectivity index (χ0v) is 16.0. The molecule has 3 rings (SSSR count). The first-order valence-corrected chi connectivity index (χ1v) is 10.00. The van der Waals surface area contributed by atoms with Gasteiger partial charge in [0.1, 0.15) is 0 Å². The summed E-state index contributed by atoms with van der Waals surface area (Å²) in [7, 11) is -3.87. The lowest BCUT2D eigenvalue weighted by molar-refractivity contribution is -0.384. The zero-order chi connectivity index (χ0) is 20.1. The molecule has 0 N–H and O–H groups in total. The summed E-state index contributed by atoms with van der Waals surface area (Å²) in [4.78, 5) is 14.4. The number of pyridine rings is 1. The van der Waals surface area contributed by atoms with Crippen molar-refractivity contribution < 1.29 is 13.3 Å². The number of benzene rings is 2. The Bertz CT molecular complexity index is 1070. The van der Waals surface area contributed by atoms with Gasteiger partial charge in [0.2, 0.25) is 10.0 Å². The second-order valence-electron chi connectivity index (χ2n) is 6.31. The van der Waals surface area contributed by atoms with Crippen LogP contribution in [0.5, 0.6) is 0 Å². The van der Waals surface area contributed by atoms with Gasteiger partial charge < -0.3 is 0 Å². The molecule has 28 heavy (non-hydrogen) atoms. The van der Waals surface area contributed by atoms with Gasteiger partial charge in [0.05, 0.1) is 9.82 Å². The van der Waals surface area contributed by atoms with E-state index in [9.17, 15) is 18.5 Å². The monoisotopic (exact) mass is 397 g/mol. The van der Waals surface area contributed by atoms with Crippen LogP contribution in [0.3, 0.4) is 0 Å². The molecule has 0 aliphatic heterocycles. The number of nitro groups is 1. The number of nitrogens with zero attached hydrogens (tertiary/aromatic N) is 3. The Morgan fingerprint density at radius 3 is 2.32 bits per heavy atom. The van der Waals surface area contributed by atoms with Crippen molar-refractivity contribution in [3.8, 4) is 0 Å². The van der Waals surface area contributed by atoms with Gasteiger partial charge in [0.15, 0.2) is 0 Å². The highest BCUT2D eigenvalue weighted by Gasteiger charge is 2.26. The molecule has 0 fully saturated rings. The maximum atomic E-state index is 13.3. The van der Waals surface area contributed by atoms with Gasteiger partial charge in [0.25, 0.3) is 5.69 Å². The van der Waals surface area contributed by atoms with Crippen molar-refractivity contribution in [2.24, 2.45) is 0 Å². The Morgan fingerprint density at radius 2 is 1.71 bits per heavy atom. The number of aromatic nitrogens is 1. The number of sulfonamides is 1. The average Bonchev–Trinajstić information content (AvgIpc) is 2.70. The fourth-order valence-corrected chi connectivity index (χ4v) is 4.19. The number of hydrogen-bond donors (Lipinski definition) is 0. The molecule has 0 saturated carbocycles. The van der Waals surface area contributed by atoms with Crippen LogP contribution in [-0.2, 0) is 23.1 Å². The lowest BCUT2D eigenvalue weighted by Gasteiger charge is -2.23. The standard InChI is InChI=1S/C20H19N3O4S/c1-16-5-2-3-7-18(16)15-22(14-17-6-4-12-21-13-17)28(26,27)20-10-8-19(9-11-20)23(24)25/h2-13H,14-15H2,1H3. The molecule has 7 nitrogen and oxygen atoms in total. The molecule has 0 aliphatic carbocycles. The van der Waals surface area contributed by atoms with Crippen LogP contribution in [0.4, 0.5) is 5.69 Å². The third-order valence-corrected chi connectivity index (χ3v) is 6.18. The first kappa shape index (κ1) is 19.7. The predicted octanol–water partition coefficient (Wildman–Crippen LogP) is 3.69. The van der Waals surface area contributed by atoms with E-state index < -0.39 is 14.9 Å². The molecule has 1 aromatic heterocycles. The zero-order valence-electron chi connectivity index (χ0n) is 15.2. The van der Waals surface area contributed by atoms with Crippen LogP contribution in [0, 0.1) is 17.0 Å². The number of rotatable bonds is 7. The predicted molar refractivity (Wildman–Crippen MR) is 105 cm³/mol. The molecule has 3 aromatic rings. The largest absolute Gasteiger partial charge is 0.269 e. The summed E-state index contributed by atoms with van der Waals surface area (Å²) in [5.41, 5.74) is 2.47. The van der Waals surface area contributed by atoms with Crippen LogP contribution in [0.2, 0.25) is 0 Å². The van der Waals surface area contributed by atoms with E-state index in [1.807, 2.05) is 37.3 Å². The molecule has 0 bridgehead atoms. The van der Waals surface area contributed by atoms with E-state index in [2.05, 4.69) is 4.98 Å². The van der Waals surface area contributed by atoms with Crippen LogP contribution in [0.1, 0.15) is 16.7 Å². The second-order valence-corrected chi connectivity index (χ2v) is 8.25. The van der Waals surface area contributed by atoms with E-state index in [1.54, 1.807) is 18.5 Å². The quantitative estimate of drug-likeness (QED) is 0.448. The summed E-state index contributed by atoms with van der Waals surface area (Å²) >= 11 is 0. The SMILES string of the molecule is Cc1ccccc1CN(Cc1cccnc1)S(=O)(=O)c1ccc([N+](=O)[O-])cc1. The summed E-state index contributed by atoms with van der Waals surface area (Å²) in [6.07, 6.45) is 3.25. The third-order valence-electron chi connectivity index (χ3n) is 4.37. The van der Waals surface area contributed by atoms with Gasteiger partial charge in [-0.25, -0.2) is 8.42 Å². The summed E-state index contributed by atoms with van der Waals surface area (Å²) in [6, 6.07) is 16.1. The Hall–Kier alpha value is -3.10. The van der Waals surface area contributed by atoms with Crippen LogP contribution in [0.15, 0.2) is 78.0 Å². The van der Waals surface area contributed by atoms with Gasteiger partial charge in [0, 0.05) is 37.6 Å². The highest BCUT2D eigenvalue weighted by molar-refractivity contribution is 7.89. The molecule has 8 heteroatoms. The summed E-state index contributed by atoms with van der Waals surface area (Å²) < 4.78 is 27.9. The fourth-order valence-electron chi connectivity index (χ4n) is 2.79. The highest BCUT2D eigenvalue weighted by Crippen LogP contribution is 2.24. The Balaban J connectivity index is 1.98. The second kappa shape index (κ2) is 8.28. The smallest absolute Gasteiger partial charge is 0.264 e. The van der Waals surface area contributed by atoms with Gasteiger partial charge in [-0.1, -0.05) is 30.3 Å². The van der Waals surface area contributed by atoms with E-state index in [0.717, 1.165) is 16.7 Å². The fraction of sp³-hybridized carbons (Fsp3) is 0.150. The Morgan fingerprint density at radius 1 is 1.00 bits per heavy atom. The van der Waals surface area contributed by atoms with E-state index in [4.69, 9.17) is 0 Å². The van der Waals surface area contributed by atoms with Crippen molar-refractivity contribution in [3.05, 3.63) is 99.9 Å². The summed E-state index contributed by atoms with van der Waals surface area (Å²) in [5, 5.41) is 10.9. The molecule has 0 spiro atoms. The van der Waals surface area contributed by atoms with Gasteiger partial charge in [-0.3, -0.25) is 15.1 Å². The molecule has 0 amide bonds. The Labute approximate surface area is 163 Å². The first-order chi connectivity index (χ1) is 13.4. The van der Waals surface area contributed by atoms with E-state index in [1.165, 1.54) is 28.6 Å². The number of aryl methyl sites for hydroxylation is 1. The van der Waals surface area contributed by atoms with Crippen LogP contribution >= 0.6 is 0 Å². The van der Waals surface area contributed by atoms with Crippen LogP contribution in [-0.4, -0.2) is 22.6 Å². The number of nitro benzene ring substituents is 1. The molecular formula is C20H19N3O4S. The van der Waals surface area contributed by atoms with Crippen molar-refractivity contribution in [2.75, 3.05) is 0 Å². The van der Waals surface area contributed by atoms with Gasteiger partial charge in [-0.15, -0.1) is 0 Å². The lowest BCUT2D eigenvalue weighted by atomic mass is 10.1. The molecule has 144 valence electrons. The van der Waals surface area contributed by atoms with Crippen molar-refractivity contribution in [1.82, 2.24) is 9.29 Å². The van der Waals surface area contributed by atoms with E-state index in [0.29, 0.717) is 0 Å². The van der Waals surface area contributed by atoms with Crippen molar-refractivity contribution in [2.45, 2.75) is 24.9 Å². The highest BCUT2D eigenvalue weighted by atomic mass is 32.2. The average molecular weight is 397 g/mol. The molecule has 1 heterocycles. The van der Waals surface area contributed by atoms with Gasteiger partial charge in [-0.05, 0) is 41.8 Å². The normalized spacial score (nSPS) is 11.5. The van der Waals surface area contributed by atoms with Gasteiger partial charge >= 0.3 is 0 Å². The van der Waals surface area contributed by atoms with Gasteiger partial charge in [-0.2, -0.15) is 4.31 Å². The molecule has 0 atom stereocenters. The summed E-state index contributed by atoms with van der Waals surface area (Å²) in [5.74, 6) is 0. The molecular weight excluding hydrogens is 378 g/mol. The van der Waals surface area contributed by atoms with E-state index in [-0.39, 0.29) is 23.7 Å². The molecule has 0 saturated heterocycles. The number of hydrogen-bond acceptors (Lipinski definition) is 5.